The third-order valence-electron chi connectivity index (χ3n) is 7.68. The van der Waals surface area contributed by atoms with Crippen molar-refractivity contribution in [2.45, 2.75) is 30.1 Å². The summed E-state index contributed by atoms with van der Waals surface area (Å²) in [4.78, 5) is 12.7. The zero-order valence-electron chi connectivity index (χ0n) is 21.6. The molecule has 2 atom stereocenters. The topological polar surface area (TPSA) is 60.1 Å². The summed E-state index contributed by atoms with van der Waals surface area (Å²) in [6.45, 7) is 3.64. The summed E-state index contributed by atoms with van der Waals surface area (Å²) >= 11 is 0. The molecule has 3 heterocycles. The molecule has 6 rings (SSSR count). The second kappa shape index (κ2) is 9.82. The van der Waals surface area contributed by atoms with Crippen LogP contribution in [0.5, 0.6) is 0 Å². The fraction of sp³-hybridized carbons (Fsp3) is 0.226. The van der Waals surface area contributed by atoms with Crippen molar-refractivity contribution in [2.75, 3.05) is 13.1 Å². The Labute approximate surface area is 224 Å². The van der Waals surface area contributed by atoms with Gasteiger partial charge in [0.15, 0.2) is 0 Å². The van der Waals surface area contributed by atoms with Gasteiger partial charge in [-0.05, 0) is 66.8 Å². The first-order valence-corrected chi connectivity index (χ1v) is 14.0. The van der Waals surface area contributed by atoms with E-state index in [0.29, 0.717) is 6.54 Å². The highest BCUT2D eigenvalue weighted by Gasteiger charge is 2.43. The minimum atomic E-state index is -1.21. The normalized spacial score (nSPS) is 18.7. The molecule has 0 aliphatic carbocycles. The Morgan fingerprint density at radius 1 is 0.974 bits per heavy atom. The van der Waals surface area contributed by atoms with Crippen LogP contribution in [-0.2, 0) is 29.9 Å². The molecule has 192 valence electrons. The van der Waals surface area contributed by atoms with Crippen LogP contribution in [0.25, 0.3) is 16.6 Å². The molecule has 2 aromatic heterocycles. The molecule has 0 N–H and O–H groups in total. The van der Waals surface area contributed by atoms with Gasteiger partial charge in [0.1, 0.15) is 11.0 Å². The predicted octanol–water partition coefficient (Wildman–Crippen LogP) is 4.94. The molecule has 38 heavy (non-hydrogen) atoms. The van der Waals surface area contributed by atoms with Crippen LogP contribution in [0.15, 0.2) is 107 Å². The Morgan fingerprint density at radius 3 is 2.45 bits per heavy atom. The van der Waals surface area contributed by atoms with Crippen LogP contribution in [0, 0.1) is 6.92 Å². The van der Waals surface area contributed by atoms with Gasteiger partial charge in [0, 0.05) is 43.2 Å². The average Bonchev–Trinajstić information content (AvgIpc) is 3.55. The highest BCUT2D eigenvalue weighted by Crippen LogP contribution is 2.42. The smallest absolute Gasteiger partial charge is 0.250 e. The van der Waals surface area contributed by atoms with E-state index in [1.165, 1.54) is 16.7 Å². The summed E-state index contributed by atoms with van der Waals surface area (Å²) in [5.41, 5.74) is 5.36. The molecule has 0 bridgehead atoms. The molecule has 0 spiro atoms. The zero-order chi connectivity index (χ0) is 26.3. The van der Waals surface area contributed by atoms with Gasteiger partial charge in [-0.15, -0.1) is 0 Å². The Kier molecular flexibility index (Phi) is 6.33. The van der Waals surface area contributed by atoms with Gasteiger partial charge in [0.25, 0.3) is 0 Å². The number of aromatic nitrogens is 3. The molecule has 1 aliphatic rings. The number of nitrogens with zero attached hydrogens (tertiary/aromatic N) is 4. The highest BCUT2D eigenvalue weighted by atomic mass is 32.2. The molecule has 0 radical (unpaired) electrons. The number of fused-ring (bicyclic) bond motifs is 1. The number of hydrogen-bond acceptors (Lipinski definition) is 3. The lowest BCUT2D eigenvalue weighted by Gasteiger charge is -2.32. The second-order valence-corrected chi connectivity index (χ2v) is 11.7. The summed E-state index contributed by atoms with van der Waals surface area (Å²) in [5, 5.41) is 5.73. The summed E-state index contributed by atoms with van der Waals surface area (Å²) < 4.78 is 19.1. The Hall–Kier alpha value is -3.81. The maximum atomic E-state index is 13.5. The highest BCUT2D eigenvalue weighted by molar-refractivity contribution is 7.82. The molecule has 0 saturated carbocycles. The van der Waals surface area contributed by atoms with Gasteiger partial charge in [-0.25, -0.2) is 13.2 Å². The largest absolute Gasteiger partial charge is 0.316 e. The van der Waals surface area contributed by atoms with Gasteiger partial charge in [0.2, 0.25) is 5.56 Å². The van der Waals surface area contributed by atoms with E-state index in [-0.39, 0.29) is 11.0 Å². The SMILES string of the molecule is Cc1cc2c(cnn2-c2ccc(=O)n(C)c2)cc1C1(Cc2ccccc2)CCN(S(=O)c2ccccc2)C1. The minimum absolute atomic E-state index is 0.0507. The van der Waals surface area contributed by atoms with Crippen LogP contribution in [0.2, 0.25) is 0 Å². The van der Waals surface area contributed by atoms with Crippen molar-refractivity contribution < 1.29 is 4.21 Å². The van der Waals surface area contributed by atoms with Crippen LogP contribution < -0.4 is 5.56 Å². The van der Waals surface area contributed by atoms with Crippen LogP contribution in [0.1, 0.15) is 23.1 Å². The van der Waals surface area contributed by atoms with Crippen LogP contribution in [0.4, 0.5) is 0 Å². The Balaban J connectivity index is 1.42. The van der Waals surface area contributed by atoms with Crippen LogP contribution in [-0.4, -0.2) is 36.0 Å². The molecule has 1 fully saturated rings. The first-order valence-electron chi connectivity index (χ1n) is 12.9. The third kappa shape index (κ3) is 4.42. The average molecular weight is 523 g/mol. The summed E-state index contributed by atoms with van der Waals surface area (Å²) in [7, 11) is 0.543. The summed E-state index contributed by atoms with van der Waals surface area (Å²) in [6, 6.07) is 28.2. The molecular weight excluding hydrogens is 492 g/mol. The van der Waals surface area contributed by atoms with Crippen molar-refractivity contribution in [1.82, 2.24) is 18.7 Å². The molecule has 2 unspecified atom stereocenters. The van der Waals surface area contributed by atoms with E-state index in [1.54, 1.807) is 17.7 Å². The van der Waals surface area contributed by atoms with Crippen molar-refractivity contribution in [2.24, 2.45) is 7.05 Å². The standard InChI is InChI=1S/C31H30N4O2S/c1-23-17-29-25(20-32-35(29)26-13-14-30(36)33(2)21-26)18-28(23)31(19-24-9-5-3-6-10-24)15-16-34(22-31)38(37)27-11-7-4-8-12-27/h3-14,17-18,20-21H,15-16,19,22H2,1-2H3. The van der Waals surface area contributed by atoms with Crippen molar-refractivity contribution in [3.63, 3.8) is 0 Å². The van der Waals surface area contributed by atoms with Crippen molar-refractivity contribution >= 4 is 21.9 Å². The second-order valence-electron chi connectivity index (χ2n) is 10.2. The molecule has 1 saturated heterocycles. The fourth-order valence-electron chi connectivity index (χ4n) is 5.77. The van der Waals surface area contributed by atoms with Gasteiger partial charge >= 0.3 is 0 Å². The molecule has 5 aromatic rings. The van der Waals surface area contributed by atoms with Crippen molar-refractivity contribution in [3.8, 4) is 5.69 Å². The predicted molar refractivity (Wildman–Crippen MR) is 152 cm³/mol. The lowest BCUT2D eigenvalue weighted by molar-refractivity contribution is 0.429. The first kappa shape index (κ1) is 24.5. The van der Waals surface area contributed by atoms with Gasteiger partial charge in [-0.2, -0.15) is 5.10 Å². The molecule has 7 heteroatoms. The van der Waals surface area contributed by atoms with Gasteiger partial charge in [-0.1, -0.05) is 48.5 Å². The van der Waals surface area contributed by atoms with Gasteiger partial charge in [0.05, 0.1) is 22.3 Å². The van der Waals surface area contributed by atoms with E-state index in [4.69, 9.17) is 0 Å². The fourth-order valence-corrected chi connectivity index (χ4v) is 7.08. The Morgan fingerprint density at radius 2 is 1.71 bits per heavy atom. The van der Waals surface area contributed by atoms with E-state index < -0.39 is 11.0 Å². The van der Waals surface area contributed by atoms with E-state index in [2.05, 4.69) is 52.7 Å². The molecule has 1 aliphatic heterocycles. The molecule has 0 amide bonds. The third-order valence-corrected chi connectivity index (χ3v) is 9.14. The van der Waals surface area contributed by atoms with E-state index in [9.17, 15) is 9.00 Å². The molecule has 3 aromatic carbocycles. The molecular formula is C31H30N4O2S. The van der Waals surface area contributed by atoms with Gasteiger partial charge in [-0.3, -0.25) is 4.79 Å². The lowest BCUT2D eigenvalue weighted by atomic mass is 9.73. The van der Waals surface area contributed by atoms with Gasteiger partial charge < -0.3 is 4.57 Å². The number of benzene rings is 3. The maximum absolute atomic E-state index is 13.5. The van der Waals surface area contributed by atoms with E-state index in [1.807, 2.05) is 59.5 Å². The quantitative estimate of drug-likeness (QED) is 0.317. The van der Waals surface area contributed by atoms with Crippen molar-refractivity contribution in [1.29, 1.82) is 0 Å². The van der Waals surface area contributed by atoms with E-state index in [0.717, 1.165) is 40.9 Å². The summed E-state index contributed by atoms with van der Waals surface area (Å²) in [5.74, 6) is 0. The zero-order valence-corrected chi connectivity index (χ0v) is 22.4. The number of aryl methyl sites for hydroxylation is 2. The monoisotopic (exact) mass is 522 g/mol. The van der Waals surface area contributed by atoms with E-state index >= 15 is 0 Å². The minimum Gasteiger partial charge on any atom is -0.316 e. The number of pyridine rings is 1. The first-order chi connectivity index (χ1) is 18.4. The van der Waals surface area contributed by atoms with Crippen LogP contribution >= 0.6 is 0 Å². The lowest BCUT2D eigenvalue weighted by Crippen LogP contribution is -2.34. The van der Waals surface area contributed by atoms with Crippen LogP contribution in [0.3, 0.4) is 0 Å². The van der Waals surface area contributed by atoms with Crippen molar-refractivity contribution in [3.05, 3.63) is 124 Å². The maximum Gasteiger partial charge on any atom is 0.250 e. The number of rotatable bonds is 6. The molecule has 6 nitrogen and oxygen atoms in total. The Bertz CT molecular complexity index is 1690. The summed E-state index contributed by atoms with van der Waals surface area (Å²) in [6.07, 6.45) is 5.50. The number of hydrogen-bond donors (Lipinski definition) is 0.